The number of benzene rings is 2. The second kappa shape index (κ2) is 7.38. The van der Waals surface area contributed by atoms with Gasteiger partial charge in [-0.25, -0.2) is 0 Å². The predicted octanol–water partition coefficient (Wildman–Crippen LogP) is 4.63. The Morgan fingerprint density at radius 1 is 1.19 bits per heavy atom. The third kappa shape index (κ3) is 4.99. The van der Waals surface area contributed by atoms with E-state index in [0.717, 1.165) is 15.7 Å². The van der Waals surface area contributed by atoms with E-state index in [4.69, 9.17) is 4.74 Å². The third-order valence-electron chi connectivity index (χ3n) is 2.88. The van der Waals surface area contributed by atoms with Crippen molar-refractivity contribution in [1.29, 1.82) is 0 Å². The summed E-state index contributed by atoms with van der Waals surface area (Å²) < 4.78 is 6.46. The lowest BCUT2D eigenvalue weighted by atomic mass is 10.1. The Morgan fingerprint density at radius 2 is 1.90 bits per heavy atom. The second-order valence-electron chi connectivity index (χ2n) is 5.02. The number of ether oxygens (including phenoxy) is 1. The molecule has 0 aliphatic rings. The lowest BCUT2D eigenvalue weighted by Gasteiger charge is -2.09. The monoisotopic (exact) mass is 347 g/mol. The van der Waals surface area contributed by atoms with Crippen LogP contribution >= 0.6 is 15.9 Å². The molecular formula is C17H18BrNO2. The van der Waals surface area contributed by atoms with E-state index < -0.39 is 0 Å². The summed E-state index contributed by atoms with van der Waals surface area (Å²) in [7, 11) is 0. The Balaban J connectivity index is 1.99. The molecule has 2 aromatic rings. The Hall–Kier alpha value is -1.65. The van der Waals surface area contributed by atoms with Gasteiger partial charge in [-0.2, -0.15) is 0 Å². The van der Waals surface area contributed by atoms with E-state index in [-0.39, 0.29) is 12.0 Å². The minimum absolute atomic E-state index is 0.121. The van der Waals surface area contributed by atoms with Crippen molar-refractivity contribution in [1.82, 2.24) is 0 Å². The highest BCUT2D eigenvalue weighted by Crippen LogP contribution is 2.17. The van der Waals surface area contributed by atoms with Crippen molar-refractivity contribution < 1.29 is 9.53 Å². The number of amides is 1. The van der Waals surface area contributed by atoms with Crippen LogP contribution < -0.4 is 5.32 Å². The highest BCUT2D eigenvalue weighted by molar-refractivity contribution is 9.10. The van der Waals surface area contributed by atoms with Gasteiger partial charge in [0.15, 0.2) is 0 Å². The van der Waals surface area contributed by atoms with E-state index in [1.54, 1.807) is 0 Å². The van der Waals surface area contributed by atoms with E-state index in [0.29, 0.717) is 12.2 Å². The maximum Gasteiger partial charge on any atom is 0.255 e. The van der Waals surface area contributed by atoms with Crippen molar-refractivity contribution in [2.24, 2.45) is 0 Å². The minimum atomic E-state index is -0.121. The van der Waals surface area contributed by atoms with Gasteiger partial charge in [-0.15, -0.1) is 0 Å². The summed E-state index contributed by atoms with van der Waals surface area (Å²) >= 11 is 3.38. The summed E-state index contributed by atoms with van der Waals surface area (Å²) in [5.74, 6) is -0.121. The second-order valence-corrected chi connectivity index (χ2v) is 5.94. The summed E-state index contributed by atoms with van der Waals surface area (Å²) in [6.45, 7) is 4.56. The first-order valence-corrected chi connectivity index (χ1v) is 7.61. The van der Waals surface area contributed by atoms with Crippen LogP contribution in [0.3, 0.4) is 0 Å². The Kier molecular flexibility index (Phi) is 5.53. The summed E-state index contributed by atoms with van der Waals surface area (Å²) in [5.41, 5.74) is 2.45. The molecule has 0 heterocycles. The standard InChI is InChI=1S/C17H18BrNO2/c1-12(2)21-11-13-6-8-14(9-7-13)17(20)19-16-5-3-4-15(18)10-16/h3-10,12H,11H2,1-2H3,(H,19,20). The zero-order chi connectivity index (χ0) is 15.2. The first-order valence-electron chi connectivity index (χ1n) is 6.82. The zero-order valence-corrected chi connectivity index (χ0v) is 13.7. The Labute approximate surface area is 133 Å². The lowest BCUT2D eigenvalue weighted by Crippen LogP contribution is -2.12. The minimum Gasteiger partial charge on any atom is -0.374 e. The van der Waals surface area contributed by atoms with Crippen molar-refractivity contribution in [2.75, 3.05) is 5.32 Å². The van der Waals surface area contributed by atoms with Gasteiger partial charge >= 0.3 is 0 Å². The number of halogens is 1. The smallest absolute Gasteiger partial charge is 0.255 e. The molecule has 21 heavy (non-hydrogen) atoms. The Bertz CT molecular complexity index is 608. The molecule has 0 radical (unpaired) electrons. The number of anilines is 1. The average Bonchev–Trinajstić information content (AvgIpc) is 2.45. The van der Waals surface area contributed by atoms with Gasteiger partial charge < -0.3 is 10.1 Å². The van der Waals surface area contributed by atoms with Gasteiger partial charge in [0.25, 0.3) is 5.91 Å². The van der Waals surface area contributed by atoms with Crippen LogP contribution in [0.4, 0.5) is 5.69 Å². The molecule has 0 fully saturated rings. The van der Waals surface area contributed by atoms with Crippen molar-refractivity contribution in [3.63, 3.8) is 0 Å². The largest absolute Gasteiger partial charge is 0.374 e. The van der Waals surface area contributed by atoms with E-state index in [1.807, 2.05) is 62.4 Å². The first-order chi connectivity index (χ1) is 10.0. The van der Waals surface area contributed by atoms with Gasteiger partial charge in [-0.05, 0) is 49.7 Å². The molecule has 0 spiro atoms. The Morgan fingerprint density at radius 3 is 2.52 bits per heavy atom. The fraction of sp³-hybridized carbons (Fsp3) is 0.235. The summed E-state index contributed by atoms with van der Waals surface area (Å²) in [5, 5.41) is 2.87. The van der Waals surface area contributed by atoms with Gasteiger partial charge in [0, 0.05) is 15.7 Å². The quantitative estimate of drug-likeness (QED) is 0.856. The number of carbonyl (C=O) groups excluding carboxylic acids is 1. The highest BCUT2D eigenvalue weighted by atomic mass is 79.9. The molecule has 3 nitrogen and oxygen atoms in total. The topological polar surface area (TPSA) is 38.3 Å². The molecule has 0 saturated heterocycles. The van der Waals surface area contributed by atoms with Crippen LogP contribution in [0.1, 0.15) is 29.8 Å². The summed E-state index contributed by atoms with van der Waals surface area (Å²) in [6, 6.07) is 15.0. The molecule has 110 valence electrons. The number of hydrogen-bond donors (Lipinski definition) is 1. The van der Waals surface area contributed by atoms with E-state index in [9.17, 15) is 4.79 Å². The molecule has 0 aliphatic heterocycles. The van der Waals surface area contributed by atoms with E-state index in [2.05, 4.69) is 21.2 Å². The molecule has 0 unspecified atom stereocenters. The van der Waals surface area contributed by atoms with Crippen molar-refractivity contribution in [3.05, 3.63) is 64.1 Å². The SMILES string of the molecule is CC(C)OCc1ccc(C(=O)Nc2cccc(Br)c2)cc1. The number of rotatable bonds is 5. The highest BCUT2D eigenvalue weighted by Gasteiger charge is 2.06. The molecule has 0 saturated carbocycles. The summed E-state index contributed by atoms with van der Waals surface area (Å²) in [6.07, 6.45) is 0.199. The van der Waals surface area contributed by atoms with Crippen molar-refractivity contribution in [2.45, 2.75) is 26.6 Å². The molecule has 2 rings (SSSR count). The van der Waals surface area contributed by atoms with Crippen LogP contribution in [0.5, 0.6) is 0 Å². The molecule has 1 amide bonds. The fourth-order valence-corrected chi connectivity index (χ4v) is 2.18. The van der Waals surface area contributed by atoms with Crippen LogP contribution in [0.2, 0.25) is 0 Å². The lowest BCUT2D eigenvalue weighted by molar-refractivity contribution is 0.0657. The van der Waals surface area contributed by atoms with Crippen LogP contribution in [0, 0.1) is 0 Å². The van der Waals surface area contributed by atoms with Crippen molar-refractivity contribution in [3.8, 4) is 0 Å². The normalized spacial score (nSPS) is 10.7. The van der Waals surface area contributed by atoms with E-state index >= 15 is 0 Å². The van der Waals surface area contributed by atoms with Crippen LogP contribution in [-0.4, -0.2) is 12.0 Å². The molecule has 0 aromatic heterocycles. The molecule has 0 bridgehead atoms. The molecule has 1 N–H and O–H groups in total. The van der Waals surface area contributed by atoms with Gasteiger partial charge in [0.05, 0.1) is 12.7 Å². The number of carbonyl (C=O) groups is 1. The molecule has 4 heteroatoms. The van der Waals surface area contributed by atoms with Crippen molar-refractivity contribution >= 4 is 27.5 Å². The number of nitrogens with one attached hydrogen (secondary N) is 1. The first kappa shape index (κ1) is 15.7. The van der Waals surface area contributed by atoms with E-state index in [1.165, 1.54) is 0 Å². The maximum atomic E-state index is 12.1. The van der Waals surface area contributed by atoms with Crippen LogP contribution in [-0.2, 0) is 11.3 Å². The molecule has 0 aliphatic carbocycles. The van der Waals surface area contributed by atoms with Gasteiger partial charge in [0.1, 0.15) is 0 Å². The third-order valence-corrected chi connectivity index (χ3v) is 3.38. The average molecular weight is 348 g/mol. The van der Waals surface area contributed by atoms with Crippen LogP contribution in [0.15, 0.2) is 53.0 Å². The fourth-order valence-electron chi connectivity index (χ4n) is 1.78. The molecular weight excluding hydrogens is 330 g/mol. The van der Waals surface area contributed by atoms with Gasteiger partial charge in [-0.1, -0.05) is 34.1 Å². The van der Waals surface area contributed by atoms with Gasteiger partial charge in [0.2, 0.25) is 0 Å². The molecule has 2 aromatic carbocycles. The summed E-state index contributed by atoms with van der Waals surface area (Å²) in [4.78, 5) is 12.1. The van der Waals surface area contributed by atoms with Gasteiger partial charge in [-0.3, -0.25) is 4.79 Å². The predicted molar refractivity (Wildman–Crippen MR) is 88.5 cm³/mol. The molecule has 0 atom stereocenters. The maximum absolute atomic E-state index is 12.1. The zero-order valence-electron chi connectivity index (χ0n) is 12.1. The number of hydrogen-bond acceptors (Lipinski definition) is 2. The van der Waals surface area contributed by atoms with Crippen LogP contribution in [0.25, 0.3) is 0 Å².